The lowest BCUT2D eigenvalue weighted by molar-refractivity contribution is 0.0939. The number of benzene rings is 2. The number of pyridine rings is 1. The SMILES string of the molecule is Cc1nn2cccnc2c1C(=O)N[C@@H](C)c1cc2cccc(CCc3cnn(C)c3)c2c(=O)n1-c1ccccc1. The van der Waals surface area contributed by atoms with Crippen LogP contribution in [0, 0.1) is 6.92 Å². The molecular weight excluding hydrogens is 502 g/mol. The number of hydrogen-bond donors (Lipinski definition) is 1. The van der Waals surface area contributed by atoms with Crippen molar-refractivity contribution in [1.82, 2.24) is 34.3 Å². The van der Waals surface area contributed by atoms with Crippen LogP contribution in [0.3, 0.4) is 0 Å². The molecule has 0 radical (unpaired) electrons. The molecule has 6 rings (SSSR count). The summed E-state index contributed by atoms with van der Waals surface area (Å²) in [5.74, 6) is -0.295. The summed E-state index contributed by atoms with van der Waals surface area (Å²) in [6.07, 6.45) is 8.74. The number of aromatic nitrogens is 6. The lowest BCUT2D eigenvalue weighted by Crippen LogP contribution is -2.32. The van der Waals surface area contributed by atoms with Crippen LogP contribution in [0.2, 0.25) is 0 Å². The van der Waals surface area contributed by atoms with Crippen molar-refractivity contribution < 1.29 is 4.79 Å². The molecule has 0 unspecified atom stereocenters. The van der Waals surface area contributed by atoms with Crippen LogP contribution in [-0.2, 0) is 19.9 Å². The Morgan fingerprint density at radius 3 is 2.65 bits per heavy atom. The van der Waals surface area contributed by atoms with Crippen molar-refractivity contribution in [3.8, 4) is 5.69 Å². The van der Waals surface area contributed by atoms with Gasteiger partial charge in [-0.25, -0.2) is 9.50 Å². The first-order valence-corrected chi connectivity index (χ1v) is 13.2. The second-order valence-corrected chi connectivity index (χ2v) is 9.99. The zero-order valence-electron chi connectivity index (χ0n) is 22.6. The van der Waals surface area contributed by atoms with Crippen molar-refractivity contribution in [2.45, 2.75) is 32.7 Å². The normalized spacial score (nSPS) is 12.2. The van der Waals surface area contributed by atoms with E-state index in [-0.39, 0.29) is 11.5 Å². The lowest BCUT2D eigenvalue weighted by atomic mass is 9.99. The van der Waals surface area contributed by atoms with Crippen molar-refractivity contribution in [3.63, 3.8) is 0 Å². The van der Waals surface area contributed by atoms with E-state index in [4.69, 9.17) is 0 Å². The number of amides is 1. The highest BCUT2D eigenvalue weighted by atomic mass is 16.2. The van der Waals surface area contributed by atoms with Crippen LogP contribution in [-0.4, -0.2) is 34.9 Å². The Morgan fingerprint density at radius 1 is 1.05 bits per heavy atom. The minimum atomic E-state index is -0.484. The Balaban J connectivity index is 1.43. The molecule has 200 valence electrons. The zero-order valence-corrected chi connectivity index (χ0v) is 22.6. The first kappa shape index (κ1) is 25.2. The van der Waals surface area contributed by atoms with E-state index in [1.54, 1.807) is 39.1 Å². The first-order valence-electron chi connectivity index (χ1n) is 13.2. The highest BCUT2D eigenvalue weighted by Crippen LogP contribution is 2.25. The molecule has 0 spiro atoms. The predicted molar refractivity (Wildman–Crippen MR) is 154 cm³/mol. The number of nitrogens with zero attached hydrogens (tertiary/aromatic N) is 6. The van der Waals surface area contributed by atoms with Crippen molar-refractivity contribution >= 4 is 22.3 Å². The molecule has 1 atom stereocenters. The van der Waals surface area contributed by atoms with Gasteiger partial charge in [0.2, 0.25) is 0 Å². The van der Waals surface area contributed by atoms with E-state index in [9.17, 15) is 9.59 Å². The van der Waals surface area contributed by atoms with Crippen molar-refractivity contribution in [1.29, 1.82) is 0 Å². The fourth-order valence-electron chi connectivity index (χ4n) is 5.31. The van der Waals surface area contributed by atoms with Gasteiger partial charge < -0.3 is 5.32 Å². The Morgan fingerprint density at radius 2 is 1.88 bits per heavy atom. The molecule has 6 aromatic rings. The van der Waals surface area contributed by atoms with E-state index >= 15 is 0 Å². The molecule has 4 aromatic heterocycles. The Bertz CT molecular complexity index is 1920. The van der Waals surface area contributed by atoms with Gasteiger partial charge in [-0.3, -0.25) is 18.8 Å². The fraction of sp³-hybridized carbons (Fsp3) is 0.194. The second-order valence-electron chi connectivity index (χ2n) is 9.99. The number of para-hydroxylation sites is 1. The van der Waals surface area contributed by atoms with Crippen LogP contribution in [0.15, 0.2) is 90.2 Å². The summed E-state index contributed by atoms with van der Waals surface area (Å²) in [7, 11) is 1.90. The van der Waals surface area contributed by atoms with Gasteiger partial charge >= 0.3 is 0 Å². The van der Waals surface area contributed by atoms with Crippen LogP contribution < -0.4 is 10.9 Å². The van der Waals surface area contributed by atoms with E-state index in [0.717, 1.165) is 28.6 Å². The fourth-order valence-corrected chi connectivity index (χ4v) is 5.31. The highest BCUT2D eigenvalue weighted by Gasteiger charge is 2.23. The maximum Gasteiger partial charge on any atom is 0.263 e. The number of aryl methyl sites for hydroxylation is 4. The molecule has 0 fully saturated rings. The monoisotopic (exact) mass is 531 g/mol. The van der Waals surface area contributed by atoms with E-state index in [2.05, 4.69) is 20.5 Å². The van der Waals surface area contributed by atoms with E-state index in [1.807, 2.05) is 81.0 Å². The summed E-state index contributed by atoms with van der Waals surface area (Å²) in [5.41, 5.74) is 4.89. The molecule has 9 heteroatoms. The Hall–Kier alpha value is -5.05. The van der Waals surface area contributed by atoms with Gasteiger partial charge in [0.05, 0.1) is 23.3 Å². The summed E-state index contributed by atoms with van der Waals surface area (Å²) in [6, 6.07) is 18.8. The molecule has 0 saturated carbocycles. The molecule has 4 heterocycles. The molecule has 0 saturated heterocycles. The number of hydrogen-bond acceptors (Lipinski definition) is 5. The van der Waals surface area contributed by atoms with Crippen molar-refractivity contribution in [2.24, 2.45) is 7.05 Å². The quantitative estimate of drug-likeness (QED) is 0.330. The molecule has 40 heavy (non-hydrogen) atoms. The summed E-state index contributed by atoms with van der Waals surface area (Å²) in [6.45, 7) is 3.68. The van der Waals surface area contributed by atoms with E-state index < -0.39 is 6.04 Å². The highest BCUT2D eigenvalue weighted by molar-refractivity contribution is 6.01. The number of nitrogens with one attached hydrogen (secondary N) is 1. The topological polar surface area (TPSA) is 99.1 Å². The second kappa shape index (κ2) is 10.3. The van der Waals surface area contributed by atoms with Crippen molar-refractivity contribution in [3.05, 3.63) is 124 Å². The van der Waals surface area contributed by atoms with Gasteiger partial charge in [-0.1, -0.05) is 36.4 Å². The Labute approximate surface area is 230 Å². The van der Waals surface area contributed by atoms with Crippen LogP contribution >= 0.6 is 0 Å². The maximum atomic E-state index is 14.2. The summed E-state index contributed by atoms with van der Waals surface area (Å²) in [4.78, 5) is 32.1. The number of fused-ring (bicyclic) bond motifs is 2. The molecule has 2 aromatic carbocycles. The first-order chi connectivity index (χ1) is 19.4. The van der Waals surface area contributed by atoms with Gasteiger partial charge in [0.1, 0.15) is 5.56 Å². The Kier molecular flexibility index (Phi) is 6.47. The third-order valence-electron chi connectivity index (χ3n) is 7.21. The standard InChI is InChI=1S/C31H29N7O2/c1-20(34-30(39)27-21(2)35-37-16-8-15-32-29(27)37)26-17-24-10-7-9-23(14-13-22-18-33-36(3)19-22)28(24)31(40)38(26)25-11-5-4-6-12-25/h4-12,15-20H,13-14H2,1-3H3,(H,34,39)/t20-/m0/s1. The third-order valence-corrected chi connectivity index (χ3v) is 7.21. The molecule has 0 aliphatic heterocycles. The lowest BCUT2D eigenvalue weighted by Gasteiger charge is -2.21. The molecule has 1 amide bonds. The molecule has 1 N–H and O–H groups in total. The summed E-state index contributed by atoms with van der Waals surface area (Å²) < 4.78 is 5.09. The number of carbonyl (C=O) groups excluding carboxylic acids is 1. The van der Waals surface area contributed by atoms with Crippen LogP contribution in [0.25, 0.3) is 22.1 Å². The van der Waals surface area contributed by atoms with E-state index in [0.29, 0.717) is 34.4 Å². The predicted octanol–water partition coefficient (Wildman–Crippen LogP) is 4.35. The van der Waals surface area contributed by atoms with Gasteiger partial charge in [-0.15, -0.1) is 0 Å². The maximum absolute atomic E-state index is 14.2. The molecule has 9 nitrogen and oxygen atoms in total. The van der Waals surface area contributed by atoms with Gasteiger partial charge in [-0.05, 0) is 67.5 Å². The van der Waals surface area contributed by atoms with Gasteiger partial charge in [0.25, 0.3) is 11.5 Å². The van der Waals surface area contributed by atoms with Crippen molar-refractivity contribution in [2.75, 3.05) is 0 Å². The van der Waals surface area contributed by atoms with E-state index in [1.165, 1.54) is 0 Å². The largest absolute Gasteiger partial charge is 0.344 e. The summed E-state index contributed by atoms with van der Waals surface area (Å²) >= 11 is 0. The van der Waals surface area contributed by atoms with Crippen LogP contribution in [0.5, 0.6) is 0 Å². The molecular formula is C31H29N7O2. The minimum Gasteiger partial charge on any atom is -0.344 e. The smallest absolute Gasteiger partial charge is 0.263 e. The van der Waals surface area contributed by atoms with Gasteiger partial charge in [0.15, 0.2) is 5.65 Å². The van der Waals surface area contributed by atoms with Gasteiger partial charge in [0, 0.05) is 37.0 Å². The molecule has 0 bridgehead atoms. The zero-order chi connectivity index (χ0) is 27.8. The summed E-state index contributed by atoms with van der Waals surface area (Å²) in [5, 5.41) is 13.3. The number of rotatable bonds is 7. The third kappa shape index (κ3) is 4.55. The minimum absolute atomic E-state index is 0.115. The number of carbonyl (C=O) groups is 1. The van der Waals surface area contributed by atoms with Gasteiger partial charge in [-0.2, -0.15) is 10.2 Å². The average Bonchev–Trinajstić information content (AvgIpc) is 3.53. The molecule has 0 aliphatic rings. The van der Waals surface area contributed by atoms with Crippen LogP contribution in [0.1, 0.15) is 45.8 Å². The molecule has 0 aliphatic carbocycles. The van der Waals surface area contributed by atoms with Crippen LogP contribution in [0.4, 0.5) is 0 Å². The average molecular weight is 532 g/mol.